The Morgan fingerprint density at radius 1 is 1.60 bits per heavy atom. The quantitative estimate of drug-likeness (QED) is 0.407. The van der Waals surface area contributed by atoms with Gasteiger partial charge < -0.3 is 1.43 Å². The molecule has 1 unspecified atom stereocenters. The topological polar surface area (TPSA) is 54.4 Å². The van der Waals surface area contributed by atoms with Crippen LogP contribution in [0.25, 0.3) is 0 Å². The second-order valence-electron chi connectivity index (χ2n) is 2.11. The average Bonchev–Trinajstić information content (AvgIpc) is 1.64. The van der Waals surface area contributed by atoms with Crippen molar-refractivity contribution in [3.05, 3.63) is 0 Å². The number of rotatable bonds is 3. The number of hydrogen-bond donors (Lipinski definition) is 1. The van der Waals surface area contributed by atoms with E-state index >= 15 is 0 Å². The normalized spacial score (nSPS) is 13.9. The molecule has 1 N–H and O–H groups in total. The van der Waals surface area contributed by atoms with Gasteiger partial charge in [0.1, 0.15) is 0 Å². The molecule has 0 aliphatic heterocycles. The van der Waals surface area contributed by atoms with Gasteiger partial charge in [-0.25, -0.2) is 0 Å². The van der Waals surface area contributed by atoms with Crippen LogP contribution in [0.2, 0.25) is 0 Å². The molecule has 0 rings (SSSR count). The van der Waals surface area contributed by atoms with Crippen molar-refractivity contribution in [1.29, 1.82) is 0 Å². The van der Waals surface area contributed by atoms with E-state index in [1.54, 1.807) is 0 Å². The standard InChI is InChI=1S/C5H12O3S.Na.H/c1-3-4-5(2)9(6,7)8;;/h5H,3-4H2,1-2H3,(H,6,7,8);;/q;+1;-1. The zero-order valence-corrected chi connectivity index (χ0v) is 9.48. The predicted octanol–water partition coefficient (Wildman–Crippen LogP) is -1.82. The summed E-state index contributed by atoms with van der Waals surface area (Å²) in [6.45, 7) is 3.38. The first kappa shape index (κ1) is 13.5. The van der Waals surface area contributed by atoms with Gasteiger partial charge in [-0.3, -0.25) is 4.55 Å². The van der Waals surface area contributed by atoms with Gasteiger partial charge in [-0.2, -0.15) is 8.42 Å². The van der Waals surface area contributed by atoms with E-state index in [1.807, 2.05) is 6.92 Å². The molecule has 5 heteroatoms. The van der Waals surface area contributed by atoms with E-state index in [4.69, 9.17) is 4.55 Å². The third-order valence-electron chi connectivity index (χ3n) is 1.20. The summed E-state index contributed by atoms with van der Waals surface area (Å²) in [4.78, 5) is 0. The summed E-state index contributed by atoms with van der Waals surface area (Å²) in [6.07, 6.45) is 1.31. The maximum absolute atomic E-state index is 10.3. The molecule has 0 fully saturated rings. The molecule has 3 nitrogen and oxygen atoms in total. The minimum absolute atomic E-state index is 0. The second-order valence-corrected chi connectivity index (χ2v) is 3.95. The summed E-state index contributed by atoms with van der Waals surface area (Å²) in [6, 6.07) is 0. The molecule has 0 radical (unpaired) electrons. The molecule has 0 saturated heterocycles. The molecule has 10 heavy (non-hydrogen) atoms. The van der Waals surface area contributed by atoms with Gasteiger partial charge in [0.25, 0.3) is 10.1 Å². The Labute approximate surface area is 85.7 Å². The Bertz CT molecular complexity index is 169. The number of hydrogen-bond acceptors (Lipinski definition) is 2. The van der Waals surface area contributed by atoms with Crippen LogP contribution in [-0.2, 0) is 10.1 Å². The van der Waals surface area contributed by atoms with Crippen molar-refractivity contribution >= 4 is 10.1 Å². The molecular weight excluding hydrogens is 163 g/mol. The Morgan fingerprint density at radius 3 is 2.10 bits per heavy atom. The van der Waals surface area contributed by atoms with Gasteiger partial charge in [0.05, 0.1) is 5.25 Å². The van der Waals surface area contributed by atoms with Crippen molar-refractivity contribution in [1.82, 2.24) is 0 Å². The average molecular weight is 176 g/mol. The summed E-state index contributed by atoms with van der Waals surface area (Å²) in [5.74, 6) is 0. The molecule has 1 atom stereocenters. The third-order valence-corrected chi connectivity index (χ3v) is 2.46. The van der Waals surface area contributed by atoms with Crippen molar-refractivity contribution in [2.75, 3.05) is 0 Å². The smallest absolute Gasteiger partial charge is 1.00 e. The van der Waals surface area contributed by atoms with Crippen LogP contribution in [0.15, 0.2) is 0 Å². The molecule has 0 spiro atoms. The molecule has 58 valence electrons. The van der Waals surface area contributed by atoms with E-state index in [0.29, 0.717) is 6.42 Å². The maximum Gasteiger partial charge on any atom is 1.00 e. The van der Waals surface area contributed by atoms with Crippen molar-refractivity contribution in [2.45, 2.75) is 31.9 Å². The zero-order valence-electron chi connectivity index (χ0n) is 7.66. The van der Waals surface area contributed by atoms with E-state index in [0.717, 1.165) is 6.42 Å². The van der Waals surface area contributed by atoms with Crippen LogP contribution in [0.5, 0.6) is 0 Å². The molecular formula is C5H13NaO3S. The first-order valence-corrected chi connectivity index (χ1v) is 4.45. The van der Waals surface area contributed by atoms with Gasteiger partial charge in [0.2, 0.25) is 0 Å². The van der Waals surface area contributed by atoms with Gasteiger partial charge in [-0.15, -0.1) is 0 Å². The van der Waals surface area contributed by atoms with Crippen molar-refractivity contribution in [3.8, 4) is 0 Å². The molecule has 0 aromatic carbocycles. The molecule has 0 aliphatic rings. The van der Waals surface area contributed by atoms with E-state index in [-0.39, 0.29) is 31.0 Å². The van der Waals surface area contributed by atoms with E-state index in [2.05, 4.69) is 0 Å². The van der Waals surface area contributed by atoms with Crippen LogP contribution >= 0.6 is 0 Å². The molecule has 0 bridgehead atoms. The molecule has 0 amide bonds. The summed E-state index contributed by atoms with van der Waals surface area (Å²) < 4.78 is 28.9. The van der Waals surface area contributed by atoms with Gasteiger partial charge in [0.15, 0.2) is 0 Å². The fraction of sp³-hybridized carbons (Fsp3) is 1.00. The Morgan fingerprint density at radius 2 is 2.00 bits per heavy atom. The predicted molar refractivity (Wildman–Crippen MR) is 37.0 cm³/mol. The SMILES string of the molecule is CCCC(C)S(=O)(=O)O.[H-].[Na+]. The maximum atomic E-state index is 10.3. The summed E-state index contributed by atoms with van der Waals surface area (Å²) in [7, 11) is -3.76. The van der Waals surface area contributed by atoms with Crippen LogP contribution in [0.1, 0.15) is 28.1 Å². The van der Waals surface area contributed by atoms with Crippen molar-refractivity contribution in [2.24, 2.45) is 0 Å². The summed E-state index contributed by atoms with van der Waals surface area (Å²) in [5, 5.41) is -0.609. The van der Waals surface area contributed by atoms with Crippen LogP contribution in [0, 0.1) is 0 Å². The molecule has 0 aliphatic carbocycles. The van der Waals surface area contributed by atoms with Crippen LogP contribution in [-0.4, -0.2) is 18.2 Å². The Balaban J connectivity index is -0.000000320. The Kier molecular flexibility index (Phi) is 7.49. The fourth-order valence-corrected chi connectivity index (χ4v) is 1.09. The van der Waals surface area contributed by atoms with E-state index < -0.39 is 15.4 Å². The first-order valence-electron chi connectivity index (χ1n) is 2.94. The van der Waals surface area contributed by atoms with Gasteiger partial charge in [0, 0.05) is 0 Å². The molecule has 0 saturated carbocycles. The van der Waals surface area contributed by atoms with Gasteiger partial charge in [-0.05, 0) is 13.3 Å². The molecule has 0 aromatic rings. The molecule has 0 heterocycles. The minimum atomic E-state index is -3.76. The minimum Gasteiger partial charge on any atom is -1.00 e. The van der Waals surface area contributed by atoms with Crippen LogP contribution < -0.4 is 29.6 Å². The van der Waals surface area contributed by atoms with Crippen LogP contribution in [0.3, 0.4) is 0 Å². The zero-order chi connectivity index (χ0) is 7.49. The van der Waals surface area contributed by atoms with Gasteiger partial charge >= 0.3 is 29.6 Å². The van der Waals surface area contributed by atoms with E-state index in [9.17, 15) is 8.42 Å². The second kappa shape index (κ2) is 5.55. The fourth-order valence-electron chi connectivity index (χ4n) is 0.555. The largest absolute Gasteiger partial charge is 1.00 e. The Hall–Kier alpha value is 0.910. The van der Waals surface area contributed by atoms with Gasteiger partial charge in [-0.1, -0.05) is 13.3 Å². The molecule has 0 aromatic heterocycles. The first-order chi connectivity index (χ1) is 3.98. The summed E-state index contributed by atoms with van der Waals surface area (Å²) >= 11 is 0. The summed E-state index contributed by atoms with van der Waals surface area (Å²) in [5.41, 5.74) is 0. The van der Waals surface area contributed by atoms with E-state index in [1.165, 1.54) is 6.92 Å². The van der Waals surface area contributed by atoms with Crippen LogP contribution in [0.4, 0.5) is 0 Å². The van der Waals surface area contributed by atoms with Crippen molar-refractivity contribution < 1.29 is 44.0 Å². The van der Waals surface area contributed by atoms with Crippen molar-refractivity contribution in [3.63, 3.8) is 0 Å². The monoisotopic (exact) mass is 176 g/mol. The third kappa shape index (κ3) is 5.68.